The van der Waals surface area contributed by atoms with Gasteiger partial charge in [0.2, 0.25) is 11.8 Å². The van der Waals surface area contributed by atoms with Crippen molar-refractivity contribution in [3.05, 3.63) is 70.8 Å². The van der Waals surface area contributed by atoms with Crippen molar-refractivity contribution in [2.75, 3.05) is 13.2 Å². The average molecular weight is 626 g/mol. The minimum Gasteiger partial charge on any atom is -0.458 e. The fraction of sp³-hybridized carbons (Fsp3) is 0.543. The Labute approximate surface area is 267 Å². The lowest BCUT2D eigenvalue weighted by Gasteiger charge is -2.35. The summed E-state index contributed by atoms with van der Waals surface area (Å²) in [6.45, 7) is 15.5. The van der Waals surface area contributed by atoms with Crippen LogP contribution in [0.1, 0.15) is 89.6 Å². The lowest BCUT2D eigenvalue weighted by Crippen LogP contribution is -2.56. The summed E-state index contributed by atoms with van der Waals surface area (Å²) in [5.41, 5.74) is 1.46. The molecule has 0 fully saturated rings. The second-order valence-electron chi connectivity index (χ2n) is 13.2. The third-order valence-electron chi connectivity index (χ3n) is 7.00. The zero-order valence-electron chi connectivity index (χ0n) is 28.2. The Hall–Kier alpha value is -3.92. The summed E-state index contributed by atoms with van der Waals surface area (Å²) in [6, 6.07) is 11.2. The summed E-state index contributed by atoms with van der Waals surface area (Å²) in [7, 11) is 0. The van der Waals surface area contributed by atoms with Gasteiger partial charge in [0.05, 0.1) is 6.61 Å². The molecule has 0 bridgehead atoms. The Morgan fingerprint density at radius 3 is 2.02 bits per heavy atom. The van der Waals surface area contributed by atoms with Crippen LogP contribution in [0.4, 0.5) is 4.79 Å². The number of benzene rings is 2. The summed E-state index contributed by atoms with van der Waals surface area (Å²) in [4.78, 5) is 55.9. The molecule has 0 aromatic heterocycles. The van der Waals surface area contributed by atoms with Gasteiger partial charge in [-0.2, -0.15) is 0 Å². The molecule has 3 amide bonds. The predicted molar refractivity (Wildman–Crippen MR) is 173 cm³/mol. The van der Waals surface area contributed by atoms with Crippen LogP contribution >= 0.6 is 0 Å². The standard InChI is InChI=1S/C35H51N3O7/c1-10-11-20-38(31(41)28(22-39)37-33(43)45-35(7,8)9)29(26-19-15-16-23(2)24(26)3)30(40)36-27(32(42)44-34(4,5)6)21-25-17-13-12-14-18-25/h12-19,27-29,39H,10-11,20-22H2,1-9H3,(H,36,40)(H,37,43). The van der Waals surface area contributed by atoms with Gasteiger partial charge >= 0.3 is 12.1 Å². The van der Waals surface area contributed by atoms with E-state index in [9.17, 15) is 24.3 Å². The van der Waals surface area contributed by atoms with Gasteiger partial charge < -0.3 is 30.1 Å². The van der Waals surface area contributed by atoms with Crippen molar-refractivity contribution in [2.24, 2.45) is 0 Å². The number of esters is 1. The smallest absolute Gasteiger partial charge is 0.408 e. The molecule has 10 heteroatoms. The maximum atomic E-state index is 14.4. The fourth-order valence-electron chi connectivity index (χ4n) is 4.72. The van der Waals surface area contributed by atoms with Crippen molar-refractivity contribution in [2.45, 2.75) is 111 Å². The molecule has 3 atom stereocenters. The van der Waals surface area contributed by atoms with Crippen LogP contribution in [0.2, 0.25) is 0 Å². The number of aliphatic hydroxyl groups is 1. The summed E-state index contributed by atoms with van der Waals surface area (Å²) in [6.07, 6.45) is 0.558. The molecule has 3 unspecified atom stereocenters. The van der Waals surface area contributed by atoms with Gasteiger partial charge in [0.15, 0.2) is 0 Å². The number of ether oxygens (including phenoxy) is 2. The van der Waals surface area contributed by atoms with Gasteiger partial charge in [-0.25, -0.2) is 9.59 Å². The van der Waals surface area contributed by atoms with E-state index in [0.717, 1.165) is 16.7 Å². The Kier molecular flexibility index (Phi) is 13.6. The van der Waals surface area contributed by atoms with E-state index in [0.29, 0.717) is 18.4 Å². The van der Waals surface area contributed by atoms with Crippen LogP contribution < -0.4 is 10.6 Å². The molecule has 0 aliphatic heterocycles. The molecule has 2 rings (SSSR count). The van der Waals surface area contributed by atoms with Gasteiger partial charge in [-0.15, -0.1) is 0 Å². The third kappa shape index (κ3) is 11.8. The third-order valence-corrected chi connectivity index (χ3v) is 7.00. The number of hydrogen-bond acceptors (Lipinski definition) is 7. The number of aliphatic hydroxyl groups excluding tert-OH is 1. The number of rotatable bonds is 13. The van der Waals surface area contributed by atoms with Crippen molar-refractivity contribution >= 4 is 23.9 Å². The van der Waals surface area contributed by atoms with E-state index in [-0.39, 0.29) is 13.0 Å². The number of nitrogens with one attached hydrogen (secondary N) is 2. The number of unbranched alkanes of at least 4 members (excludes halogenated alkanes) is 1. The molecule has 0 heterocycles. The van der Waals surface area contributed by atoms with Crippen LogP contribution in [0.3, 0.4) is 0 Å². The minimum absolute atomic E-state index is 0.156. The molecule has 3 N–H and O–H groups in total. The molecule has 0 aliphatic carbocycles. The van der Waals surface area contributed by atoms with E-state index in [2.05, 4.69) is 10.6 Å². The van der Waals surface area contributed by atoms with Crippen molar-refractivity contribution in [3.8, 4) is 0 Å². The molecule has 45 heavy (non-hydrogen) atoms. The topological polar surface area (TPSA) is 134 Å². The van der Waals surface area contributed by atoms with Crippen molar-refractivity contribution < 1.29 is 33.8 Å². The summed E-state index contributed by atoms with van der Waals surface area (Å²) in [5.74, 6) is -1.85. The zero-order valence-corrected chi connectivity index (χ0v) is 28.2. The molecule has 2 aromatic carbocycles. The second kappa shape index (κ2) is 16.4. The monoisotopic (exact) mass is 625 g/mol. The van der Waals surface area contributed by atoms with E-state index < -0.39 is 59.8 Å². The van der Waals surface area contributed by atoms with Gasteiger partial charge in [-0.05, 0) is 84.1 Å². The molecular weight excluding hydrogens is 574 g/mol. The Morgan fingerprint density at radius 1 is 0.844 bits per heavy atom. The van der Waals surface area contributed by atoms with Gasteiger partial charge in [0.1, 0.15) is 29.3 Å². The van der Waals surface area contributed by atoms with E-state index in [1.165, 1.54) is 4.90 Å². The first-order valence-corrected chi connectivity index (χ1v) is 15.5. The van der Waals surface area contributed by atoms with E-state index >= 15 is 0 Å². The lowest BCUT2D eigenvalue weighted by molar-refractivity contribution is -0.159. The SMILES string of the molecule is CCCCN(C(=O)C(CO)NC(=O)OC(C)(C)C)C(C(=O)NC(Cc1ccccc1)C(=O)OC(C)(C)C)c1cccc(C)c1C. The van der Waals surface area contributed by atoms with Gasteiger partial charge in [0.25, 0.3) is 0 Å². The van der Waals surface area contributed by atoms with Crippen LogP contribution in [0.25, 0.3) is 0 Å². The number of carbonyl (C=O) groups is 4. The molecule has 248 valence electrons. The quantitative estimate of drug-likeness (QED) is 0.269. The first-order valence-electron chi connectivity index (χ1n) is 15.5. The van der Waals surface area contributed by atoms with Crippen LogP contribution in [0.5, 0.6) is 0 Å². The number of nitrogens with zero attached hydrogens (tertiary/aromatic N) is 1. The highest BCUT2D eigenvalue weighted by Crippen LogP contribution is 2.28. The highest BCUT2D eigenvalue weighted by molar-refractivity contribution is 5.94. The Morgan fingerprint density at radius 2 is 1.47 bits per heavy atom. The first kappa shape index (κ1) is 37.3. The number of aryl methyl sites for hydroxylation is 1. The van der Waals surface area contributed by atoms with Crippen LogP contribution in [0.15, 0.2) is 48.5 Å². The molecule has 0 radical (unpaired) electrons. The molecule has 0 saturated heterocycles. The molecule has 0 aliphatic rings. The van der Waals surface area contributed by atoms with E-state index in [4.69, 9.17) is 9.47 Å². The Balaban J connectivity index is 2.61. The van der Waals surface area contributed by atoms with E-state index in [1.807, 2.05) is 57.2 Å². The summed E-state index contributed by atoms with van der Waals surface area (Å²) >= 11 is 0. The first-order chi connectivity index (χ1) is 21.0. The average Bonchev–Trinajstić information content (AvgIpc) is 2.93. The van der Waals surface area contributed by atoms with Crippen LogP contribution in [-0.2, 0) is 30.3 Å². The Bertz CT molecular complexity index is 1300. The predicted octanol–water partition coefficient (Wildman–Crippen LogP) is 4.93. The van der Waals surface area contributed by atoms with E-state index in [1.54, 1.807) is 53.7 Å². The highest BCUT2D eigenvalue weighted by atomic mass is 16.6. The molecule has 2 aromatic rings. The second-order valence-corrected chi connectivity index (χ2v) is 13.2. The summed E-state index contributed by atoms with van der Waals surface area (Å²) < 4.78 is 11.0. The fourth-order valence-corrected chi connectivity index (χ4v) is 4.72. The largest absolute Gasteiger partial charge is 0.458 e. The molecule has 10 nitrogen and oxygen atoms in total. The lowest BCUT2D eigenvalue weighted by atomic mass is 9.94. The van der Waals surface area contributed by atoms with Crippen molar-refractivity contribution in [3.63, 3.8) is 0 Å². The van der Waals surface area contributed by atoms with Crippen molar-refractivity contribution in [1.29, 1.82) is 0 Å². The van der Waals surface area contributed by atoms with Gasteiger partial charge in [-0.1, -0.05) is 61.9 Å². The molecular formula is C35H51N3O7. The zero-order chi connectivity index (χ0) is 33.9. The number of carbonyl (C=O) groups excluding carboxylic acids is 4. The van der Waals surface area contributed by atoms with Gasteiger partial charge in [-0.3, -0.25) is 9.59 Å². The van der Waals surface area contributed by atoms with Gasteiger partial charge in [0, 0.05) is 13.0 Å². The highest BCUT2D eigenvalue weighted by Gasteiger charge is 2.38. The minimum atomic E-state index is -1.37. The maximum Gasteiger partial charge on any atom is 0.408 e. The molecule has 0 spiro atoms. The molecule has 0 saturated carbocycles. The van der Waals surface area contributed by atoms with Crippen molar-refractivity contribution in [1.82, 2.24) is 15.5 Å². The number of hydrogen-bond donors (Lipinski definition) is 3. The number of alkyl carbamates (subject to hydrolysis) is 1. The maximum absolute atomic E-state index is 14.4. The summed E-state index contributed by atoms with van der Waals surface area (Å²) in [5, 5.41) is 15.6. The van der Waals surface area contributed by atoms with Crippen LogP contribution in [0, 0.1) is 13.8 Å². The number of amides is 3. The normalized spacial score (nSPS) is 13.6. The van der Waals surface area contributed by atoms with Crippen LogP contribution in [-0.4, -0.2) is 70.3 Å².